The summed E-state index contributed by atoms with van der Waals surface area (Å²) in [5, 5.41) is 7.47. The highest BCUT2D eigenvalue weighted by Crippen LogP contribution is 2.32. The summed E-state index contributed by atoms with van der Waals surface area (Å²) in [6.07, 6.45) is 2.54. The van der Waals surface area contributed by atoms with E-state index in [1.54, 1.807) is 35.4 Å². The summed E-state index contributed by atoms with van der Waals surface area (Å²) >= 11 is 0. The highest BCUT2D eigenvalue weighted by atomic mass is 19.4. The van der Waals surface area contributed by atoms with Crippen molar-refractivity contribution >= 4 is 17.2 Å². The first kappa shape index (κ1) is 17.3. The summed E-state index contributed by atoms with van der Waals surface area (Å²) < 4.78 is 40.7. The first-order chi connectivity index (χ1) is 12.9. The Morgan fingerprint density at radius 2 is 2.00 bits per heavy atom. The molecule has 0 saturated carbocycles. The van der Waals surface area contributed by atoms with Crippen LogP contribution in [0, 0.1) is 0 Å². The minimum Gasteiger partial charge on any atom is -0.370 e. The van der Waals surface area contributed by atoms with E-state index in [1.165, 1.54) is 6.07 Å². The molecule has 3 aromatic rings. The van der Waals surface area contributed by atoms with Gasteiger partial charge in [-0.05, 0) is 30.7 Å². The zero-order valence-electron chi connectivity index (χ0n) is 14.4. The first-order valence-corrected chi connectivity index (χ1v) is 8.37. The number of hydrogen-bond donors (Lipinski definition) is 1. The van der Waals surface area contributed by atoms with E-state index in [0.717, 1.165) is 23.2 Å². The van der Waals surface area contributed by atoms with Crippen molar-refractivity contribution in [1.82, 2.24) is 20.1 Å². The quantitative estimate of drug-likeness (QED) is 0.757. The average molecular weight is 371 g/mol. The van der Waals surface area contributed by atoms with Gasteiger partial charge < -0.3 is 5.32 Å². The van der Waals surface area contributed by atoms with Crippen molar-refractivity contribution in [3.63, 3.8) is 0 Å². The third-order valence-corrected chi connectivity index (χ3v) is 4.32. The molecule has 1 aliphatic heterocycles. The molecule has 1 aliphatic rings. The summed E-state index contributed by atoms with van der Waals surface area (Å²) in [6, 6.07) is 7.03. The van der Waals surface area contributed by atoms with Crippen LogP contribution in [-0.2, 0) is 12.7 Å². The number of rotatable bonds is 3. The number of aromatic nitrogens is 3. The minimum atomic E-state index is -4.38. The highest BCUT2D eigenvalue weighted by molar-refractivity contribution is 5.82. The first-order valence-electron chi connectivity index (χ1n) is 8.37. The Hall–Kier alpha value is -3.16. The second kappa shape index (κ2) is 6.53. The van der Waals surface area contributed by atoms with Gasteiger partial charge in [-0.1, -0.05) is 12.1 Å². The fourth-order valence-electron chi connectivity index (χ4n) is 2.89. The normalized spacial score (nSPS) is 17.0. The minimum absolute atomic E-state index is 0.0392. The van der Waals surface area contributed by atoms with Gasteiger partial charge in [-0.25, -0.2) is 0 Å². The van der Waals surface area contributed by atoms with Crippen molar-refractivity contribution in [2.24, 2.45) is 4.99 Å². The van der Waals surface area contributed by atoms with Crippen molar-refractivity contribution in [3.05, 3.63) is 60.1 Å². The number of alkyl halides is 3. The maximum Gasteiger partial charge on any atom is 0.416 e. The van der Waals surface area contributed by atoms with E-state index < -0.39 is 11.7 Å². The molecule has 5 nitrogen and oxygen atoms in total. The molecule has 1 atom stereocenters. The standard InChI is InChI=1S/C19H16F3N5/c1-12-23-7-13(8-24-12)11-27-18-6-15(9-25-17(18)10-26-27)14-3-2-4-16(5-14)19(20,21)22/h2-10,12,23H,11H2,1H3. The van der Waals surface area contributed by atoms with Gasteiger partial charge in [0.1, 0.15) is 11.7 Å². The van der Waals surface area contributed by atoms with Crippen molar-refractivity contribution in [2.45, 2.75) is 25.8 Å². The number of fused-ring (bicyclic) bond motifs is 1. The van der Waals surface area contributed by atoms with Gasteiger partial charge >= 0.3 is 6.18 Å². The van der Waals surface area contributed by atoms with Crippen LogP contribution in [0.5, 0.6) is 0 Å². The second-order valence-electron chi connectivity index (χ2n) is 6.35. The van der Waals surface area contributed by atoms with Gasteiger partial charge in [0.25, 0.3) is 0 Å². The van der Waals surface area contributed by atoms with E-state index in [9.17, 15) is 13.2 Å². The molecule has 3 heterocycles. The Bertz CT molecular complexity index is 1050. The number of halogens is 3. The summed E-state index contributed by atoms with van der Waals surface area (Å²) in [5.74, 6) is 0. The molecule has 8 heteroatoms. The van der Waals surface area contributed by atoms with E-state index in [0.29, 0.717) is 23.2 Å². The molecule has 27 heavy (non-hydrogen) atoms. The lowest BCUT2D eigenvalue weighted by Gasteiger charge is -2.14. The number of nitrogens with zero attached hydrogens (tertiary/aromatic N) is 4. The molecule has 4 rings (SSSR count). The lowest BCUT2D eigenvalue weighted by atomic mass is 10.0. The SMILES string of the molecule is CC1N=CC(Cn2ncc3ncc(-c4cccc(C(F)(F)F)c4)cc32)=CN1. The number of nitrogens with one attached hydrogen (secondary N) is 1. The van der Waals surface area contributed by atoms with Crippen LogP contribution < -0.4 is 5.32 Å². The van der Waals surface area contributed by atoms with E-state index in [-0.39, 0.29) is 6.17 Å². The fourth-order valence-corrected chi connectivity index (χ4v) is 2.89. The number of benzene rings is 1. The Morgan fingerprint density at radius 3 is 2.74 bits per heavy atom. The van der Waals surface area contributed by atoms with Gasteiger partial charge in [0.05, 0.1) is 23.8 Å². The van der Waals surface area contributed by atoms with Gasteiger partial charge in [-0.15, -0.1) is 0 Å². The molecule has 1 aromatic carbocycles. The van der Waals surface area contributed by atoms with Crippen LogP contribution in [0.2, 0.25) is 0 Å². The van der Waals surface area contributed by atoms with Crippen molar-refractivity contribution < 1.29 is 13.2 Å². The number of allylic oxidation sites excluding steroid dienone is 1. The molecule has 0 radical (unpaired) electrons. The topological polar surface area (TPSA) is 55.1 Å². The molecular formula is C19H16F3N5. The summed E-state index contributed by atoms with van der Waals surface area (Å²) in [4.78, 5) is 8.64. The molecule has 2 aromatic heterocycles. The third-order valence-electron chi connectivity index (χ3n) is 4.32. The van der Waals surface area contributed by atoms with E-state index in [2.05, 4.69) is 20.4 Å². The predicted octanol–water partition coefficient (Wildman–Crippen LogP) is 4.02. The van der Waals surface area contributed by atoms with Crippen molar-refractivity contribution in [3.8, 4) is 11.1 Å². The Kier molecular flexibility index (Phi) is 4.18. The van der Waals surface area contributed by atoms with Gasteiger partial charge in [0, 0.05) is 29.7 Å². The largest absolute Gasteiger partial charge is 0.416 e. The second-order valence-corrected chi connectivity index (χ2v) is 6.35. The lowest BCUT2D eigenvalue weighted by molar-refractivity contribution is -0.137. The van der Waals surface area contributed by atoms with Crippen LogP contribution in [0.4, 0.5) is 13.2 Å². The van der Waals surface area contributed by atoms with E-state index in [1.807, 2.05) is 13.1 Å². The average Bonchev–Trinajstić information content (AvgIpc) is 3.05. The maximum atomic E-state index is 13.0. The van der Waals surface area contributed by atoms with Crippen LogP contribution in [0.15, 0.2) is 59.5 Å². The molecule has 0 saturated heterocycles. The van der Waals surface area contributed by atoms with Gasteiger partial charge in [0.2, 0.25) is 0 Å². The van der Waals surface area contributed by atoms with Crippen LogP contribution in [-0.4, -0.2) is 27.1 Å². The fraction of sp³-hybridized carbons (Fsp3) is 0.211. The van der Waals surface area contributed by atoms with Gasteiger partial charge in [-0.3, -0.25) is 14.7 Å². The molecular weight excluding hydrogens is 355 g/mol. The Morgan fingerprint density at radius 1 is 1.15 bits per heavy atom. The van der Waals surface area contributed by atoms with Crippen LogP contribution in [0.3, 0.4) is 0 Å². The smallest absolute Gasteiger partial charge is 0.370 e. The zero-order chi connectivity index (χ0) is 19.0. The van der Waals surface area contributed by atoms with Crippen LogP contribution in [0.25, 0.3) is 22.2 Å². The molecule has 1 unspecified atom stereocenters. The predicted molar refractivity (Wildman–Crippen MR) is 97.1 cm³/mol. The molecule has 0 spiro atoms. The highest BCUT2D eigenvalue weighted by Gasteiger charge is 2.30. The summed E-state index contributed by atoms with van der Waals surface area (Å²) in [7, 11) is 0. The van der Waals surface area contributed by atoms with Crippen LogP contribution >= 0.6 is 0 Å². The van der Waals surface area contributed by atoms with Crippen molar-refractivity contribution in [1.29, 1.82) is 0 Å². The van der Waals surface area contributed by atoms with Gasteiger partial charge in [0.15, 0.2) is 0 Å². The van der Waals surface area contributed by atoms with E-state index in [4.69, 9.17) is 0 Å². The zero-order valence-corrected chi connectivity index (χ0v) is 14.4. The molecule has 0 aliphatic carbocycles. The summed E-state index contributed by atoms with van der Waals surface area (Å²) in [6.45, 7) is 2.43. The van der Waals surface area contributed by atoms with E-state index >= 15 is 0 Å². The molecule has 1 N–H and O–H groups in total. The monoisotopic (exact) mass is 371 g/mol. The Balaban J connectivity index is 1.69. The summed E-state index contributed by atoms with van der Waals surface area (Å²) in [5.41, 5.74) is 2.76. The molecule has 0 fully saturated rings. The Labute approximate surface area is 153 Å². The molecule has 0 bridgehead atoms. The molecule has 0 amide bonds. The number of hydrogen-bond acceptors (Lipinski definition) is 4. The van der Waals surface area contributed by atoms with Gasteiger partial charge in [-0.2, -0.15) is 18.3 Å². The third kappa shape index (κ3) is 3.55. The molecule has 138 valence electrons. The maximum absolute atomic E-state index is 13.0. The lowest BCUT2D eigenvalue weighted by Crippen LogP contribution is -2.23. The number of aliphatic imine (C=N–C) groups is 1. The van der Waals surface area contributed by atoms with Crippen molar-refractivity contribution in [2.75, 3.05) is 0 Å². The van der Waals surface area contributed by atoms with Crippen LogP contribution in [0.1, 0.15) is 12.5 Å². The number of pyridine rings is 1.